The molecule has 0 spiro atoms. The van der Waals surface area contributed by atoms with E-state index in [4.69, 9.17) is 9.97 Å². The van der Waals surface area contributed by atoms with Crippen LogP contribution in [0.3, 0.4) is 0 Å². The van der Waals surface area contributed by atoms with Crippen LogP contribution in [0.1, 0.15) is 22.8 Å². The summed E-state index contributed by atoms with van der Waals surface area (Å²) < 4.78 is 0. The summed E-state index contributed by atoms with van der Waals surface area (Å²) in [7, 11) is 0. The summed E-state index contributed by atoms with van der Waals surface area (Å²) in [5.41, 5.74) is 10.2. The molecule has 4 aromatic rings. The lowest BCUT2D eigenvalue weighted by Crippen LogP contribution is -1.76. The third-order valence-electron chi connectivity index (χ3n) is 5.00. The quantitative estimate of drug-likeness (QED) is 0.341. The normalized spacial score (nSPS) is 12.6. The van der Waals surface area contributed by atoms with Crippen LogP contribution in [-0.2, 0) is 0 Å². The predicted octanol–water partition coefficient (Wildman–Crippen LogP) is 6.38. The van der Waals surface area contributed by atoms with Crippen LogP contribution in [0.25, 0.3) is 57.5 Å². The van der Waals surface area contributed by atoms with Gasteiger partial charge in [0.15, 0.2) is 0 Å². The number of aromatic amines is 2. The molecule has 0 amide bonds. The number of rotatable bonds is 1. The highest BCUT2D eigenvalue weighted by Crippen LogP contribution is 2.29. The fraction of sp³-hybridized carbons (Fsp3) is 0. The van der Waals surface area contributed by atoms with E-state index < -0.39 is 0 Å². The van der Waals surface area contributed by atoms with Crippen LogP contribution in [0.15, 0.2) is 59.3 Å². The van der Waals surface area contributed by atoms with E-state index in [-0.39, 0.29) is 0 Å². The van der Waals surface area contributed by atoms with Crippen LogP contribution in [-0.4, -0.2) is 19.9 Å². The van der Waals surface area contributed by atoms with Crippen LogP contribution < -0.4 is 0 Å². The van der Waals surface area contributed by atoms with Gasteiger partial charge in [-0.05, 0) is 89.2 Å². The van der Waals surface area contributed by atoms with Gasteiger partial charge in [-0.25, -0.2) is 9.97 Å². The Morgan fingerprint density at radius 3 is 1.86 bits per heavy atom. The van der Waals surface area contributed by atoms with E-state index >= 15 is 0 Å². The fourth-order valence-electron chi connectivity index (χ4n) is 3.67. The third kappa shape index (κ3) is 3.11. The number of hydrogen-bond acceptors (Lipinski definition) is 3. The Morgan fingerprint density at radius 2 is 1.24 bits per heavy atom. The van der Waals surface area contributed by atoms with Crippen LogP contribution in [0.5, 0.6) is 0 Å². The van der Waals surface area contributed by atoms with Gasteiger partial charge in [0.05, 0.1) is 22.8 Å². The van der Waals surface area contributed by atoms with Crippen molar-refractivity contribution in [3.63, 3.8) is 0 Å². The molecular formula is C24H16N4S. The predicted molar refractivity (Wildman–Crippen MR) is 122 cm³/mol. The van der Waals surface area contributed by atoms with Gasteiger partial charge in [0.25, 0.3) is 0 Å². The summed E-state index contributed by atoms with van der Waals surface area (Å²) in [6, 6.07) is 16.7. The van der Waals surface area contributed by atoms with Gasteiger partial charge in [0, 0.05) is 27.6 Å². The van der Waals surface area contributed by atoms with Crippen molar-refractivity contribution < 1.29 is 0 Å². The van der Waals surface area contributed by atoms with Crippen LogP contribution in [0.2, 0.25) is 0 Å². The lowest BCUT2D eigenvalue weighted by molar-refractivity contribution is 1.31. The van der Waals surface area contributed by atoms with Crippen molar-refractivity contribution in [1.29, 1.82) is 0 Å². The van der Waals surface area contributed by atoms with E-state index in [1.54, 1.807) is 11.3 Å². The van der Waals surface area contributed by atoms with Gasteiger partial charge in [0.1, 0.15) is 0 Å². The van der Waals surface area contributed by atoms with E-state index in [1.807, 2.05) is 24.3 Å². The molecule has 0 radical (unpaired) electrons. The Morgan fingerprint density at radius 1 is 0.621 bits per heavy atom. The molecule has 0 unspecified atom stereocenters. The van der Waals surface area contributed by atoms with Gasteiger partial charge in [-0.2, -0.15) is 11.3 Å². The number of H-pyrrole nitrogens is 2. The number of hydrogen-bond donors (Lipinski definition) is 2. The highest BCUT2D eigenvalue weighted by molar-refractivity contribution is 7.08. The SMILES string of the molecule is C1=Cc2cc3cc(-c4ccsc4)c(cc4nc(cc5ccc(cc1n2)[nH]5)C=C4)[nH]3. The summed E-state index contributed by atoms with van der Waals surface area (Å²) in [4.78, 5) is 16.4. The molecule has 0 saturated carbocycles. The third-order valence-corrected chi connectivity index (χ3v) is 5.68. The lowest BCUT2D eigenvalue weighted by atomic mass is 10.1. The first-order chi connectivity index (χ1) is 14.3. The Bertz CT molecular complexity index is 1450. The zero-order valence-electron chi connectivity index (χ0n) is 15.4. The molecule has 0 aromatic carbocycles. The fourth-order valence-corrected chi connectivity index (χ4v) is 4.33. The topological polar surface area (TPSA) is 57.4 Å². The Kier molecular flexibility index (Phi) is 3.61. The van der Waals surface area contributed by atoms with E-state index in [1.165, 1.54) is 11.1 Å². The monoisotopic (exact) mass is 392 g/mol. The number of nitrogens with one attached hydrogen (secondary N) is 2. The highest BCUT2D eigenvalue weighted by Gasteiger charge is 2.07. The molecule has 2 aliphatic heterocycles. The average molecular weight is 392 g/mol. The Hall–Kier alpha value is -3.70. The number of aromatic nitrogens is 4. The maximum Gasteiger partial charge on any atom is 0.0658 e. The van der Waals surface area contributed by atoms with Crippen LogP contribution in [0.4, 0.5) is 0 Å². The van der Waals surface area contributed by atoms with Gasteiger partial charge in [-0.3, -0.25) is 0 Å². The minimum atomic E-state index is 0.931. The largest absolute Gasteiger partial charge is 0.355 e. The molecule has 0 saturated heterocycles. The number of nitrogens with zero attached hydrogens (tertiary/aromatic N) is 2. The van der Waals surface area contributed by atoms with Crippen LogP contribution in [0, 0.1) is 0 Å². The maximum absolute atomic E-state index is 4.76. The van der Waals surface area contributed by atoms with Crippen molar-refractivity contribution in [2.45, 2.75) is 0 Å². The summed E-state index contributed by atoms with van der Waals surface area (Å²) in [5.74, 6) is 0. The van der Waals surface area contributed by atoms with Crippen molar-refractivity contribution >= 4 is 57.7 Å². The smallest absolute Gasteiger partial charge is 0.0658 e. The van der Waals surface area contributed by atoms with E-state index in [2.05, 4.69) is 69.3 Å². The molecule has 138 valence electrons. The number of thiophene rings is 1. The van der Waals surface area contributed by atoms with Crippen molar-refractivity contribution in [3.8, 4) is 11.1 Å². The Labute approximate surface area is 171 Å². The number of fused-ring (bicyclic) bond motifs is 8. The molecule has 2 aliphatic rings. The zero-order chi connectivity index (χ0) is 19.2. The van der Waals surface area contributed by atoms with Gasteiger partial charge < -0.3 is 9.97 Å². The van der Waals surface area contributed by atoms with Gasteiger partial charge in [-0.15, -0.1) is 0 Å². The second-order valence-electron chi connectivity index (χ2n) is 7.10. The molecule has 29 heavy (non-hydrogen) atoms. The molecule has 0 atom stereocenters. The van der Waals surface area contributed by atoms with Crippen molar-refractivity contribution in [2.24, 2.45) is 0 Å². The van der Waals surface area contributed by atoms with E-state index in [9.17, 15) is 0 Å². The lowest BCUT2D eigenvalue weighted by Gasteiger charge is -1.92. The van der Waals surface area contributed by atoms with Gasteiger partial charge in [-0.1, -0.05) is 0 Å². The first-order valence-electron chi connectivity index (χ1n) is 9.40. The first-order valence-corrected chi connectivity index (χ1v) is 10.3. The second-order valence-corrected chi connectivity index (χ2v) is 7.88. The molecule has 2 N–H and O–H groups in total. The molecule has 6 heterocycles. The highest BCUT2D eigenvalue weighted by atomic mass is 32.1. The van der Waals surface area contributed by atoms with Crippen molar-refractivity contribution in [2.75, 3.05) is 0 Å². The molecule has 4 nitrogen and oxygen atoms in total. The summed E-state index contributed by atoms with van der Waals surface area (Å²) in [6.45, 7) is 0. The summed E-state index contributed by atoms with van der Waals surface area (Å²) >= 11 is 1.70. The summed E-state index contributed by atoms with van der Waals surface area (Å²) in [5, 5.41) is 4.27. The summed E-state index contributed by atoms with van der Waals surface area (Å²) in [6.07, 6.45) is 8.17. The van der Waals surface area contributed by atoms with Gasteiger partial charge >= 0.3 is 0 Å². The molecule has 0 aliphatic carbocycles. The molecule has 0 fully saturated rings. The minimum absolute atomic E-state index is 0.931. The maximum atomic E-state index is 4.76. The minimum Gasteiger partial charge on any atom is -0.355 e. The van der Waals surface area contributed by atoms with Gasteiger partial charge in [0.2, 0.25) is 0 Å². The van der Waals surface area contributed by atoms with E-state index in [0.717, 1.165) is 44.8 Å². The Balaban J connectivity index is 1.69. The zero-order valence-corrected chi connectivity index (χ0v) is 16.2. The van der Waals surface area contributed by atoms with Crippen LogP contribution >= 0.6 is 11.3 Å². The molecule has 5 heteroatoms. The standard InChI is InChI=1S/C24H16N4S/c1-2-17-10-19-5-6-21(27-19)13-24-23(15-7-8-29-14-15)12-22(28-24)11-20-4-3-18(26-20)9-16(1)25-17/h1-14,25,28H. The van der Waals surface area contributed by atoms with E-state index in [0.29, 0.717) is 0 Å². The van der Waals surface area contributed by atoms with Crippen molar-refractivity contribution in [1.82, 2.24) is 19.9 Å². The second kappa shape index (κ2) is 6.43. The average Bonchev–Trinajstić information content (AvgIpc) is 3.50. The molecule has 6 rings (SSSR count). The molecule has 8 bridgehead atoms. The molecule has 4 aromatic heterocycles. The van der Waals surface area contributed by atoms with Crippen molar-refractivity contribution in [3.05, 3.63) is 82.1 Å². The first kappa shape index (κ1) is 16.3. The molecular weight excluding hydrogens is 376 g/mol.